The van der Waals surface area contributed by atoms with Gasteiger partial charge in [-0.1, -0.05) is 25.4 Å². The molecule has 0 saturated heterocycles. The molecule has 5 heteroatoms. The summed E-state index contributed by atoms with van der Waals surface area (Å²) in [7, 11) is 1.59. The summed E-state index contributed by atoms with van der Waals surface area (Å²) >= 11 is 6.05. The molecule has 0 radical (unpaired) electrons. The number of rotatable bonds is 4. The molecule has 104 valence electrons. The first-order valence-electron chi connectivity index (χ1n) is 6.45. The van der Waals surface area contributed by atoms with Gasteiger partial charge in [-0.3, -0.25) is 0 Å². The second-order valence-electron chi connectivity index (χ2n) is 5.20. The number of halogens is 1. The van der Waals surface area contributed by atoms with Crippen LogP contribution in [-0.4, -0.2) is 19.1 Å². The molecule has 1 fully saturated rings. The Hall–Kier alpha value is -1.42. The van der Waals surface area contributed by atoms with Crippen molar-refractivity contribution in [3.05, 3.63) is 23.2 Å². The van der Waals surface area contributed by atoms with Crippen LogP contribution in [0.25, 0.3) is 0 Å². The van der Waals surface area contributed by atoms with Crippen LogP contribution in [0.3, 0.4) is 0 Å². The molecule has 0 heterocycles. The van der Waals surface area contributed by atoms with Gasteiger partial charge in [0.05, 0.1) is 18.2 Å². The molecule has 2 rings (SSSR count). The monoisotopic (exact) mass is 281 g/mol. The number of hydrogen-bond acceptors (Lipinski definition) is 2. The van der Waals surface area contributed by atoms with E-state index in [0.717, 1.165) is 12.1 Å². The Morgan fingerprint density at radius 1 is 1.53 bits per heavy atom. The van der Waals surface area contributed by atoms with E-state index in [9.17, 15) is 0 Å². The molecule has 0 unspecified atom stereocenters. The highest BCUT2D eigenvalue weighted by Gasteiger charge is 2.39. The summed E-state index contributed by atoms with van der Waals surface area (Å²) in [4.78, 5) is 4.47. The minimum atomic E-state index is 0.362. The number of nitrogens with one attached hydrogen (secondary N) is 1. The maximum absolute atomic E-state index is 6.05. The summed E-state index contributed by atoms with van der Waals surface area (Å²) in [5.41, 5.74) is 6.71. The molecule has 19 heavy (non-hydrogen) atoms. The van der Waals surface area contributed by atoms with Gasteiger partial charge in [-0.15, -0.1) is 0 Å². The zero-order valence-electron chi connectivity index (χ0n) is 11.5. The van der Waals surface area contributed by atoms with E-state index in [0.29, 0.717) is 34.6 Å². The summed E-state index contributed by atoms with van der Waals surface area (Å²) in [6.45, 7) is 4.43. The van der Waals surface area contributed by atoms with E-state index in [1.165, 1.54) is 0 Å². The third kappa shape index (κ3) is 3.53. The standard InChI is InChI=1S/C14H20ClN3O/c1-8(2)10-7-12(10)18-14(16)17-9-4-5-13(19-3)11(15)6-9/h4-6,8,10,12H,7H2,1-3H3,(H3,16,17,18)/t10-,12+/m0/s1. The number of nitrogens with zero attached hydrogens (tertiary/aromatic N) is 1. The number of hydrogen-bond donors (Lipinski definition) is 2. The lowest BCUT2D eigenvalue weighted by Crippen LogP contribution is -2.23. The van der Waals surface area contributed by atoms with Crippen molar-refractivity contribution in [3.63, 3.8) is 0 Å². The van der Waals surface area contributed by atoms with E-state index in [2.05, 4.69) is 24.2 Å². The van der Waals surface area contributed by atoms with Crippen molar-refractivity contribution in [3.8, 4) is 5.75 Å². The molecule has 1 saturated carbocycles. The fourth-order valence-corrected chi connectivity index (χ4v) is 2.43. The topological polar surface area (TPSA) is 59.6 Å². The second-order valence-corrected chi connectivity index (χ2v) is 5.61. The van der Waals surface area contributed by atoms with Crippen molar-refractivity contribution in [2.24, 2.45) is 22.6 Å². The van der Waals surface area contributed by atoms with Gasteiger partial charge in [0.25, 0.3) is 0 Å². The van der Waals surface area contributed by atoms with Crippen molar-refractivity contribution in [2.75, 3.05) is 12.4 Å². The largest absolute Gasteiger partial charge is 0.495 e. The van der Waals surface area contributed by atoms with Crippen LogP contribution in [0.4, 0.5) is 5.69 Å². The Bertz CT molecular complexity index is 488. The van der Waals surface area contributed by atoms with Crippen LogP contribution in [0.5, 0.6) is 5.75 Å². The van der Waals surface area contributed by atoms with Crippen LogP contribution >= 0.6 is 11.6 Å². The number of nitrogens with two attached hydrogens (primary N) is 1. The average Bonchev–Trinajstić information content (AvgIpc) is 3.08. The molecule has 0 aromatic heterocycles. The summed E-state index contributed by atoms with van der Waals surface area (Å²) in [6.07, 6.45) is 1.13. The SMILES string of the molecule is COc1ccc(NC(N)=N[C@@H]2C[C@H]2C(C)C)cc1Cl. The molecular weight excluding hydrogens is 262 g/mol. The van der Waals surface area contributed by atoms with Crippen molar-refractivity contribution < 1.29 is 4.74 Å². The summed E-state index contributed by atoms with van der Waals surface area (Å²) < 4.78 is 5.10. The second kappa shape index (κ2) is 5.70. The van der Waals surface area contributed by atoms with Gasteiger partial charge in [-0.25, -0.2) is 4.99 Å². The van der Waals surface area contributed by atoms with Gasteiger partial charge in [0, 0.05) is 5.69 Å². The number of anilines is 1. The molecule has 0 amide bonds. The first-order valence-corrected chi connectivity index (χ1v) is 6.83. The predicted molar refractivity (Wildman–Crippen MR) is 80.0 cm³/mol. The van der Waals surface area contributed by atoms with Crippen molar-refractivity contribution in [1.29, 1.82) is 0 Å². The molecule has 0 spiro atoms. The van der Waals surface area contributed by atoms with Crippen molar-refractivity contribution in [1.82, 2.24) is 0 Å². The lowest BCUT2D eigenvalue weighted by Gasteiger charge is -2.08. The van der Waals surface area contributed by atoms with Crippen molar-refractivity contribution in [2.45, 2.75) is 26.3 Å². The zero-order valence-corrected chi connectivity index (χ0v) is 12.2. The quantitative estimate of drug-likeness (QED) is 0.658. The van der Waals surface area contributed by atoms with Gasteiger partial charge in [-0.2, -0.15) is 0 Å². The lowest BCUT2D eigenvalue weighted by molar-refractivity contribution is 0.415. The summed E-state index contributed by atoms with van der Waals surface area (Å²) in [5.74, 6) is 2.41. The molecule has 1 aliphatic carbocycles. The molecule has 0 aliphatic heterocycles. The lowest BCUT2D eigenvalue weighted by atomic mass is 10.1. The van der Waals surface area contributed by atoms with E-state index in [1.807, 2.05) is 6.07 Å². The highest BCUT2D eigenvalue weighted by Crippen LogP contribution is 2.40. The number of benzene rings is 1. The molecule has 1 aromatic carbocycles. The third-order valence-corrected chi connectivity index (χ3v) is 3.69. The first-order chi connectivity index (χ1) is 9.01. The molecule has 1 aromatic rings. The Kier molecular flexibility index (Phi) is 4.20. The predicted octanol–water partition coefficient (Wildman–Crippen LogP) is 3.12. The summed E-state index contributed by atoms with van der Waals surface area (Å²) in [5, 5.41) is 3.60. The van der Waals surface area contributed by atoms with Gasteiger partial charge in [0.2, 0.25) is 0 Å². The number of methoxy groups -OCH3 is 1. The molecular formula is C14H20ClN3O. The molecule has 0 bridgehead atoms. The number of aliphatic imine (C=N–C) groups is 1. The Labute approximate surface area is 119 Å². The minimum absolute atomic E-state index is 0.362. The van der Waals surface area contributed by atoms with E-state index in [4.69, 9.17) is 22.1 Å². The molecule has 1 aliphatic rings. The Morgan fingerprint density at radius 2 is 2.26 bits per heavy atom. The zero-order chi connectivity index (χ0) is 14.0. The highest BCUT2D eigenvalue weighted by atomic mass is 35.5. The minimum Gasteiger partial charge on any atom is -0.495 e. The van der Waals surface area contributed by atoms with Gasteiger partial charge in [0.1, 0.15) is 5.75 Å². The molecule has 4 nitrogen and oxygen atoms in total. The fraction of sp³-hybridized carbons (Fsp3) is 0.500. The van der Waals surface area contributed by atoms with E-state index in [-0.39, 0.29) is 0 Å². The summed E-state index contributed by atoms with van der Waals surface area (Å²) in [6, 6.07) is 5.79. The van der Waals surface area contributed by atoms with Gasteiger partial charge in [-0.05, 0) is 36.5 Å². The van der Waals surface area contributed by atoms with Crippen LogP contribution in [0.1, 0.15) is 20.3 Å². The van der Waals surface area contributed by atoms with Crippen LogP contribution in [0, 0.1) is 11.8 Å². The normalized spacial score (nSPS) is 22.5. The van der Waals surface area contributed by atoms with Gasteiger partial charge >= 0.3 is 0 Å². The van der Waals surface area contributed by atoms with Crippen LogP contribution in [0.2, 0.25) is 5.02 Å². The van der Waals surface area contributed by atoms with Crippen molar-refractivity contribution >= 4 is 23.2 Å². The molecule has 3 N–H and O–H groups in total. The van der Waals surface area contributed by atoms with E-state index in [1.54, 1.807) is 19.2 Å². The molecule has 2 atom stereocenters. The third-order valence-electron chi connectivity index (χ3n) is 3.39. The van der Waals surface area contributed by atoms with E-state index >= 15 is 0 Å². The smallest absolute Gasteiger partial charge is 0.193 e. The Morgan fingerprint density at radius 3 is 2.79 bits per heavy atom. The Balaban J connectivity index is 1.98. The van der Waals surface area contributed by atoms with E-state index < -0.39 is 0 Å². The number of guanidine groups is 1. The van der Waals surface area contributed by atoms with Crippen LogP contribution < -0.4 is 15.8 Å². The average molecular weight is 282 g/mol. The fourth-order valence-electron chi connectivity index (χ4n) is 2.17. The number of ether oxygens (including phenoxy) is 1. The maximum Gasteiger partial charge on any atom is 0.193 e. The highest BCUT2D eigenvalue weighted by molar-refractivity contribution is 6.32. The van der Waals surface area contributed by atoms with Gasteiger partial charge < -0.3 is 15.8 Å². The van der Waals surface area contributed by atoms with Gasteiger partial charge in [0.15, 0.2) is 5.96 Å². The van der Waals surface area contributed by atoms with Crippen LogP contribution in [-0.2, 0) is 0 Å². The first kappa shape index (κ1) is 14.0. The van der Waals surface area contributed by atoms with Crippen LogP contribution in [0.15, 0.2) is 23.2 Å². The maximum atomic E-state index is 6.05.